The molecule has 8 nitrogen and oxygen atoms in total. The normalized spacial score (nSPS) is 22.2. The van der Waals surface area contributed by atoms with Crippen LogP contribution in [0.1, 0.15) is 20.3 Å². The minimum atomic E-state index is -0.460. The number of nitrogens with one attached hydrogen (secondary N) is 1. The number of benzene rings is 1. The lowest BCUT2D eigenvalue weighted by Gasteiger charge is -2.38. The van der Waals surface area contributed by atoms with Crippen LogP contribution >= 0.6 is 0 Å². The van der Waals surface area contributed by atoms with E-state index in [1.807, 2.05) is 44.2 Å². The van der Waals surface area contributed by atoms with E-state index in [4.69, 9.17) is 10.1 Å². The molecule has 0 saturated carbocycles. The van der Waals surface area contributed by atoms with Crippen molar-refractivity contribution in [3.63, 3.8) is 0 Å². The van der Waals surface area contributed by atoms with E-state index in [0.29, 0.717) is 37.6 Å². The average molecular weight is 402 g/mol. The molecule has 2 N–H and O–H groups in total. The quantitative estimate of drug-likeness (QED) is 0.799. The summed E-state index contributed by atoms with van der Waals surface area (Å²) in [7, 11) is 0. The Morgan fingerprint density at radius 1 is 1.21 bits per heavy atom. The van der Waals surface area contributed by atoms with Gasteiger partial charge in [-0.1, -0.05) is 30.3 Å². The van der Waals surface area contributed by atoms with Crippen LogP contribution in [0, 0.1) is 5.41 Å². The standard InChI is InChI=1S/C20H27FN6O2/c1-14-11-24(12-15(2)29-14)18-17(16-7-4-3-5-8-16)23-20(22)26-13-25(10-6-9-21)27(28)19(18)26/h3-5,7-8,14-15,22,28H,6,9-13H2,1-2H3. The molecule has 1 saturated heterocycles. The topological polar surface area (TPSA) is 80.9 Å². The van der Waals surface area contributed by atoms with Crippen molar-refractivity contribution in [3.8, 4) is 11.3 Å². The van der Waals surface area contributed by atoms with Crippen molar-refractivity contribution in [2.24, 2.45) is 0 Å². The van der Waals surface area contributed by atoms with Gasteiger partial charge >= 0.3 is 0 Å². The molecular formula is C20H27FN6O2. The van der Waals surface area contributed by atoms with Gasteiger partial charge < -0.3 is 9.64 Å². The maximum absolute atomic E-state index is 12.7. The zero-order valence-corrected chi connectivity index (χ0v) is 16.8. The first-order valence-corrected chi connectivity index (χ1v) is 9.94. The number of hydrogen-bond donors (Lipinski definition) is 2. The fraction of sp³-hybridized carbons (Fsp3) is 0.500. The van der Waals surface area contributed by atoms with Crippen LogP contribution in [0.5, 0.6) is 0 Å². The first kappa shape index (κ1) is 19.8. The van der Waals surface area contributed by atoms with E-state index in [-0.39, 0.29) is 24.5 Å². The van der Waals surface area contributed by atoms with Crippen molar-refractivity contribution in [3.05, 3.63) is 36.0 Å². The Labute approximate surface area is 169 Å². The van der Waals surface area contributed by atoms with Crippen LogP contribution < -0.4 is 15.7 Å². The average Bonchev–Trinajstić information content (AvgIpc) is 3.03. The van der Waals surface area contributed by atoms with E-state index < -0.39 is 6.67 Å². The molecule has 4 rings (SSSR count). The van der Waals surface area contributed by atoms with Crippen molar-refractivity contribution >= 4 is 11.5 Å². The third-order valence-corrected chi connectivity index (χ3v) is 5.26. The second-order valence-electron chi connectivity index (χ2n) is 7.62. The highest BCUT2D eigenvalue weighted by Gasteiger charge is 2.36. The number of halogens is 1. The number of fused-ring (bicyclic) bond motifs is 1. The van der Waals surface area contributed by atoms with Gasteiger partial charge in [0, 0.05) is 25.2 Å². The summed E-state index contributed by atoms with van der Waals surface area (Å²) in [5, 5.41) is 22.1. The van der Waals surface area contributed by atoms with E-state index in [2.05, 4.69) is 9.88 Å². The van der Waals surface area contributed by atoms with Crippen LogP contribution in [0.25, 0.3) is 11.3 Å². The lowest BCUT2D eigenvalue weighted by atomic mass is 10.1. The van der Waals surface area contributed by atoms with Crippen molar-refractivity contribution in [1.29, 1.82) is 5.41 Å². The van der Waals surface area contributed by atoms with Gasteiger partial charge in [0.25, 0.3) is 0 Å². The lowest BCUT2D eigenvalue weighted by molar-refractivity contribution is -0.00533. The largest absolute Gasteiger partial charge is 0.372 e. The molecular weight excluding hydrogens is 375 g/mol. The second kappa shape index (κ2) is 8.10. The molecule has 2 unspecified atom stereocenters. The molecule has 29 heavy (non-hydrogen) atoms. The molecule has 0 aliphatic carbocycles. The number of aromatic nitrogens is 2. The molecule has 1 aromatic carbocycles. The van der Waals surface area contributed by atoms with E-state index in [0.717, 1.165) is 16.4 Å². The maximum Gasteiger partial charge on any atom is 0.225 e. The molecule has 2 aliphatic heterocycles. The van der Waals surface area contributed by atoms with Crippen LogP contribution in [-0.4, -0.2) is 58.3 Å². The van der Waals surface area contributed by atoms with E-state index in [1.54, 1.807) is 9.58 Å². The SMILES string of the molecule is CC1CN(c2c(-c3ccccc3)nc(=N)n3c2N(O)N(CCCF)C3)CC(C)O1. The number of nitrogens with zero attached hydrogens (tertiary/aromatic N) is 5. The van der Waals surface area contributed by atoms with Gasteiger partial charge in [-0.2, -0.15) is 10.2 Å². The Kier molecular flexibility index (Phi) is 5.53. The summed E-state index contributed by atoms with van der Waals surface area (Å²) in [5.74, 6) is 0.490. The summed E-state index contributed by atoms with van der Waals surface area (Å²) < 4.78 is 20.3. The fourth-order valence-electron chi connectivity index (χ4n) is 4.10. The molecule has 0 bridgehead atoms. The molecule has 0 radical (unpaired) electrons. The molecule has 156 valence electrons. The van der Waals surface area contributed by atoms with Crippen LogP contribution in [0.2, 0.25) is 0 Å². The van der Waals surface area contributed by atoms with Gasteiger partial charge in [0.1, 0.15) is 18.1 Å². The molecule has 1 fully saturated rings. The summed E-state index contributed by atoms with van der Waals surface area (Å²) in [6.07, 6.45) is 0.351. The summed E-state index contributed by atoms with van der Waals surface area (Å²) in [6.45, 7) is 5.49. The molecule has 2 aromatic rings. The zero-order valence-electron chi connectivity index (χ0n) is 16.8. The highest BCUT2D eigenvalue weighted by atomic mass is 19.1. The zero-order chi connectivity index (χ0) is 20.5. The second-order valence-corrected chi connectivity index (χ2v) is 7.62. The van der Waals surface area contributed by atoms with E-state index in [9.17, 15) is 9.60 Å². The van der Waals surface area contributed by atoms with Gasteiger partial charge in [0.05, 0.1) is 18.9 Å². The predicted molar refractivity (Wildman–Crippen MR) is 107 cm³/mol. The van der Waals surface area contributed by atoms with Crippen molar-refractivity contribution < 1.29 is 14.3 Å². The summed E-state index contributed by atoms with van der Waals surface area (Å²) in [4.78, 5) is 6.77. The van der Waals surface area contributed by atoms with Gasteiger partial charge in [0.2, 0.25) is 5.62 Å². The van der Waals surface area contributed by atoms with Gasteiger partial charge in [-0.25, -0.2) is 4.98 Å². The molecule has 2 atom stereocenters. The number of rotatable bonds is 5. The Morgan fingerprint density at radius 2 is 1.90 bits per heavy atom. The monoisotopic (exact) mass is 402 g/mol. The summed E-state index contributed by atoms with van der Waals surface area (Å²) >= 11 is 0. The third kappa shape index (κ3) is 3.73. The highest BCUT2D eigenvalue weighted by Crippen LogP contribution is 2.40. The number of ether oxygens (including phenoxy) is 1. The van der Waals surface area contributed by atoms with Crippen LogP contribution in [-0.2, 0) is 11.4 Å². The minimum Gasteiger partial charge on any atom is -0.372 e. The Balaban J connectivity index is 1.87. The van der Waals surface area contributed by atoms with Crippen molar-refractivity contribution in [2.45, 2.75) is 39.1 Å². The summed E-state index contributed by atoms with van der Waals surface area (Å²) in [6, 6.07) is 9.70. The van der Waals surface area contributed by atoms with E-state index >= 15 is 0 Å². The first-order chi connectivity index (χ1) is 14.0. The maximum atomic E-state index is 12.7. The van der Waals surface area contributed by atoms with E-state index in [1.165, 1.54) is 0 Å². The van der Waals surface area contributed by atoms with Gasteiger partial charge in [-0.05, 0) is 20.3 Å². The number of alkyl halides is 1. The van der Waals surface area contributed by atoms with Crippen molar-refractivity contribution in [2.75, 3.05) is 36.4 Å². The fourth-order valence-corrected chi connectivity index (χ4v) is 4.10. The number of hydrazine groups is 1. The number of morpholine rings is 1. The lowest BCUT2D eigenvalue weighted by Crippen LogP contribution is -2.47. The van der Waals surface area contributed by atoms with Crippen LogP contribution in [0.3, 0.4) is 0 Å². The summed E-state index contributed by atoms with van der Waals surface area (Å²) in [5.41, 5.74) is 2.34. The Morgan fingerprint density at radius 3 is 2.55 bits per heavy atom. The van der Waals surface area contributed by atoms with Crippen molar-refractivity contribution in [1.82, 2.24) is 14.6 Å². The Bertz CT molecular complexity index is 911. The smallest absolute Gasteiger partial charge is 0.225 e. The predicted octanol–water partition coefficient (Wildman–Crippen LogP) is 2.39. The minimum absolute atomic E-state index is 0.0230. The van der Waals surface area contributed by atoms with Crippen LogP contribution in [0.4, 0.5) is 15.9 Å². The molecule has 0 spiro atoms. The van der Waals surface area contributed by atoms with Crippen LogP contribution in [0.15, 0.2) is 30.3 Å². The number of anilines is 2. The van der Waals surface area contributed by atoms with Gasteiger partial charge in [-0.15, -0.1) is 0 Å². The molecule has 3 heterocycles. The third-order valence-electron chi connectivity index (χ3n) is 5.26. The van der Waals surface area contributed by atoms with Gasteiger partial charge in [0.15, 0.2) is 5.82 Å². The number of hydrogen-bond acceptors (Lipinski definition) is 7. The van der Waals surface area contributed by atoms with Gasteiger partial charge in [-0.3, -0.25) is 19.6 Å². The molecule has 9 heteroatoms. The molecule has 1 aromatic heterocycles. The first-order valence-electron chi connectivity index (χ1n) is 9.94. The molecule has 2 aliphatic rings. The Hall–Kier alpha value is -2.49. The molecule has 0 amide bonds. The highest BCUT2D eigenvalue weighted by molar-refractivity contribution is 5.84.